The summed E-state index contributed by atoms with van der Waals surface area (Å²) in [7, 11) is 0. The topological polar surface area (TPSA) is 81.3 Å². The molecule has 3 heterocycles. The summed E-state index contributed by atoms with van der Waals surface area (Å²) >= 11 is 0. The van der Waals surface area contributed by atoms with Crippen molar-refractivity contribution in [3.05, 3.63) is 60.7 Å². The largest absolute Gasteiger partial charge is 0.489 e. The second-order valence-electron chi connectivity index (χ2n) is 6.43. The lowest BCUT2D eigenvalue weighted by atomic mass is 10.2. The third kappa shape index (κ3) is 4.31. The van der Waals surface area contributed by atoms with E-state index >= 15 is 0 Å². The van der Waals surface area contributed by atoms with Crippen LogP contribution >= 0.6 is 0 Å². The quantitative estimate of drug-likeness (QED) is 0.669. The van der Waals surface area contributed by atoms with E-state index in [-0.39, 0.29) is 12.0 Å². The molecule has 138 valence electrons. The zero-order valence-electron chi connectivity index (χ0n) is 14.8. The second kappa shape index (κ2) is 7.99. The van der Waals surface area contributed by atoms with Gasteiger partial charge >= 0.3 is 0 Å². The molecule has 1 saturated heterocycles. The van der Waals surface area contributed by atoms with Crippen molar-refractivity contribution in [2.45, 2.75) is 25.4 Å². The number of amides is 1. The summed E-state index contributed by atoms with van der Waals surface area (Å²) in [5.41, 5.74) is 0.840. The van der Waals surface area contributed by atoms with E-state index in [2.05, 4.69) is 15.1 Å². The van der Waals surface area contributed by atoms with Gasteiger partial charge in [0.2, 0.25) is 17.6 Å². The first-order valence-electron chi connectivity index (χ1n) is 9.00. The average Bonchev–Trinajstić information content (AvgIpc) is 3.37. The summed E-state index contributed by atoms with van der Waals surface area (Å²) in [5, 5.41) is 3.96. The number of carbonyl (C=O) groups excluding carboxylic acids is 1. The number of likely N-dealkylation sites (tertiary alicyclic amines) is 1. The highest BCUT2D eigenvalue weighted by Gasteiger charge is 2.27. The Labute approximate surface area is 157 Å². The fourth-order valence-corrected chi connectivity index (χ4v) is 3.09. The summed E-state index contributed by atoms with van der Waals surface area (Å²) < 4.78 is 11.2. The van der Waals surface area contributed by atoms with Crippen LogP contribution in [0.5, 0.6) is 5.75 Å². The monoisotopic (exact) mass is 364 g/mol. The predicted molar refractivity (Wildman–Crippen MR) is 97.9 cm³/mol. The maximum Gasteiger partial charge on any atom is 0.227 e. The van der Waals surface area contributed by atoms with E-state index in [1.165, 1.54) is 0 Å². The van der Waals surface area contributed by atoms with Crippen molar-refractivity contribution < 1.29 is 14.1 Å². The molecule has 1 amide bonds. The van der Waals surface area contributed by atoms with Gasteiger partial charge in [0.1, 0.15) is 11.9 Å². The van der Waals surface area contributed by atoms with Gasteiger partial charge in [-0.3, -0.25) is 9.78 Å². The molecule has 0 aliphatic carbocycles. The molecule has 0 unspecified atom stereocenters. The minimum absolute atomic E-state index is 0.0399. The van der Waals surface area contributed by atoms with Crippen LogP contribution in [0.4, 0.5) is 0 Å². The van der Waals surface area contributed by atoms with Crippen LogP contribution in [0.25, 0.3) is 11.4 Å². The highest BCUT2D eigenvalue weighted by Crippen LogP contribution is 2.19. The van der Waals surface area contributed by atoms with Gasteiger partial charge in [0.15, 0.2) is 0 Å². The molecule has 0 radical (unpaired) electrons. The van der Waals surface area contributed by atoms with E-state index in [1.807, 2.05) is 47.4 Å². The van der Waals surface area contributed by atoms with Gasteiger partial charge in [0.25, 0.3) is 0 Å². The minimum Gasteiger partial charge on any atom is -0.489 e. The number of nitrogens with zero attached hydrogens (tertiary/aromatic N) is 4. The standard InChI is InChI=1S/C20H20N4O3/c25-19(24-13-10-17(14-24)26-16-4-2-1-3-5-16)7-6-18-22-20(23-27-18)15-8-11-21-12-9-15/h1-5,8-9,11-12,17H,6-7,10,13-14H2/t17-/m0/s1. The van der Waals surface area contributed by atoms with E-state index in [0.29, 0.717) is 37.6 Å². The average molecular weight is 364 g/mol. The van der Waals surface area contributed by atoms with Crippen LogP contribution in [0.2, 0.25) is 0 Å². The number of hydrogen-bond donors (Lipinski definition) is 0. The molecule has 3 aromatic rings. The number of carbonyl (C=O) groups is 1. The number of aryl methyl sites for hydroxylation is 1. The Morgan fingerprint density at radius 1 is 1.19 bits per heavy atom. The number of para-hydroxylation sites is 1. The third-order valence-electron chi connectivity index (χ3n) is 4.50. The lowest BCUT2D eigenvalue weighted by molar-refractivity contribution is -0.130. The van der Waals surface area contributed by atoms with E-state index < -0.39 is 0 Å². The van der Waals surface area contributed by atoms with Crippen LogP contribution in [0.1, 0.15) is 18.7 Å². The Kier molecular flexibility index (Phi) is 5.09. The molecule has 27 heavy (non-hydrogen) atoms. The maximum atomic E-state index is 12.5. The molecule has 1 aliphatic heterocycles. The molecule has 1 aliphatic rings. The number of aromatic nitrogens is 3. The first kappa shape index (κ1) is 17.2. The highest BCUT2D eigenvalue weighted by atomic mass is 16.5. The molecule has 0 bridgehead atoms. The number of ether oxygens (including phenoxy) is 1. The third-order valence-corrected chi connectivity index (χ3v) is 4.50. The predicted octanol–water partition coefficient (Wildman–Crippen LogP) is 2.74. The van der Waals surface area contributed by atoms with E-state index in [1.54, 1.807) is 12.4 Å². The van der Waals surface area contributed by atoms with Gasteiger partial charge < -0.3 is 14.2 Å². The molecule has 1 fully saturated rings. The lowest BCUT2D eigenvalue weighted by Gasteiger charge is -2.17. The SMILES string of the molecule is O=C(CCc1nc(-c2ccncc2)no1)N1CC[C@H](Oc2ccccc2)C1. The van der Waals surface area contributed by atoms with Crippen molar-refractivity contribution in [1.29, 1.82) is 0 Å². The molecule has 7 heteroatoms. The van der Waals surface area contributed by atoms with Crippen molar-refractivity contribution in [3.8, 4) is 17.1 Å². The highest BCUT2D eigenvalue weighted by molar-refractivity contribution is 5.76. The van der Waals surface area contributed by atoms with Crippen molar-refractivity contribution in [2.24, 2.45) is 0 Å². The van der Waals surface area contributed by atoms with Gasteiger partial charge in [-0.1, -0.05) is 23.4 Å². The fourth-order valence-electron chi connectivity index (χ4n) is 3.09. The minimum atomic E-state index is 0.0399. The molecule has 1 atom stereocenters. The molecule has 1 aromatic carbocycles. The lowest BCUT2D eigenvalue weighted by Crippen LogP contribution is -2.31. The van der Waals surface area contributed by atoms with Gasteiger partial charge in [-0.25, -0.2) is 0 Å². The molecule has 7 nitrogen and oxygen atoms in total. The smallest absolute Gasteiger partial charge is 0.227 e. The Morgan fingerprint density at radius 3 is 2.81 bits per heavy atom. The van der Waals surface area contributed by atoms with Crippen LogP contribution in [0, 0.1) is 0 Å². The number of benzene rings is 1. The molecule has 0 spiro atoms. The van der Waals surface area contributed by atoms with Crippen molar-refractivity contribution in [2.75, 3.05) is 13.1 Å². The van der Waals surface area contributed by atoms with Gasteiger partial charge in [-0.05, 0) is 24.3 Å². The Balaban J connectivity index is 1.27. The fraction of sp³-hybridized carbons (Fsp3) is 0.300. The maximum absolute atomic E-state index is 12.5. The van der Waals surface area contributed by atoms with Crippen LogP contribution < -0.4 is 4.74 Å². The number of hydrogen-bond acceptors (Lipinski definition) is 6. The summed E-state index contributed by atoms with van der Waals surface area (Å²) in [4.78, 5) is 22.6. The van der Waals surface area contributed by atoms with Crippen molar-refractivity contribution >= 4 is 5.91 Å². The molecular formula is C20H20N4O3. The zero-order chi connectivity index (χ0) is 18.5. The van der Waals surface area contributed by atoms with Gasteiger partial charge in [-0.15, -0.1) is 0 Å². The molecule has 0 N–H and O–H groups in total. The van der Waals surface area contributed by atoms with Crippen LogP contribution in [-0.4, -0.2) is 45.1 Å². The summed E-state index contributed by atoms with van der Waals surface area (Å²) in [6.07, 6.45) is 5.01. The first-order chi connectivity index (χ1) is 13.3. The first-order valence-corrected chi connectivity index (χ1v) is 9.00. The number of rotatable bonds is 6. The van der Waals surface area contributed by atoms with Gasteiger partial charge in [-0.2, -0.15) is 4.98 Å². The van der Waals surface area contributed by atoms with Gasteiger partial charge in [0.05, 0.1) is 6.54 Å². The van der Waals surface area contributed by atoms with Crippen LogP contribution in [0.15, 0.2) is 59.4 Å². The Hall–Kier alpha value is -3.22. The molecule has 4 rings (SSSR count). The van der Waals surface area contributed by atoms with Crippen molar-refractivity contribution in [1.82, 2.24) is 20.0 Å². The van der Waals surface area contributed by atoms with Gasteiger partial charge in [0, 0.05) is 43.8 Å². The second-order valence-corrected chi connectivity index (χ2v) is 6.43. The van der Waals surface area contributed by atoms with E-state index in [9.17, 15) is 4.79 Å². The zero-order valence-corrected chi connectivity index (χ0v) is 14.8. The molecular weight excluding hydrogens is 344 g/mol. The van der Waals surface area contributed by atoms with E-state index in [4.69, 9.17) is 9.26 Å². The summed E-state index contributed by atoms with van der Waals surface area (Å²) in [6, 6.07) is 13.3. The summed E-state index contributed by atoms with van der Waals surface area (Å²) in [6.45, 7) is 1.32. The van der Waals surface area contributed by atoms with Crippen LogP contribution in [0.3, 0.4) is 0 Å². The molecule has 2 aromatic heterocycles. The Bertz CT molecular complexity index is 883. The van der Waals surface area contributed by atoms with Crippen LogP contribution in [-0.2, 0) is 11.2 Å². The summed E-state index contributed by atoms with van der Waals surface area (Å²) in [5.74, 6) is 1.90. The van der Waals surface area contributed by atoms with Crippen molar-refractivity contribution in [3.63, 3.8) is 0 Å². The number of pyridine rings is 1. The molecule has 0 saturated carbocycles. The Morgan fingerprint density at radius 2 is 2.00 bits per heavy atom. The van der Waals surface area contributed by atoms with E-state index in [0.717, 1.165) is 17.7 Å². The normalized spacial score (nSPS) is 16.4.